The number of rotatable bonds is 4. The van der Waals surface area contributed by atoms with Gasteiger partial charge in [0.25, 0.3) is 0 Å². The minimum absolute atomic E-state index is 0.140. The van der Waals surface area contributed by atoms with Gasteiger partial charge in [-0.25, -0.2) is 4.39 Å². The highest BCUT2D eigenvalue weighted by Crippen LogP contribution is 2.26. The van der Waals surface area contributed by atoms with Gasteiger partial charge >= 0.3 is 0 Å². The third kappa shape index (κ3) is 3.00. The third-order valence-electron chi connectivity index (χ3n) is 3.49. The minimum atomic E-state index is -0.140. The lowest BCUT2D eigenvalue weighted by Crippen LogP contribution is -2.36. The molecule has 1 atom stereocenters. The maximum absolute atomic E-state index is 14.1. The van der Waals surface area contributed by atoms with Crippen LogP contribution >= 0.6 is 0 Å². The first kappa shape index (κ1) is 13.3. The van der Waals surface area contributed by atoms with Gasteiger partial charge in [0.15, 0.2) is 0 Å². The SMILES string of the molecule is CC(CCN)c1ccc(N2CCOCC2)c(F)c1. The van der Waals surface area contributed by atoms with E-state index in [0.717, 1.165) is 25.1 Å². The summed E-state index contributed by atoms with van der Waals surface area (Å²) in [5, 5.41) is 0. The molecule has 0 bridgehead atoms. The molecule has 3 nitrogen and oxygen atoms in total. The van der Waals surface area contributed by atoms with Crippen LogP contribution in [0.1, 0.15) is 24.8 Å². The molecule has 0 saturated carbocycles. The number of ether oxygens (including phenoxy) is 1. The predicted octanol–water partition coefficient (Wildman–Crippen LogP) is 2.11. The zero-order chi connectivity index (χ0) is 13.0. The Kier molecular flexibility index (Phi) is 4.55. The second-order valence-corrected chi connectivity index (χ2v) is 4.79. The fraction of sp³-hybridized carbons (Fsp3) is 0.571. The molecule has 2 N–H and O–H groups in total. The van der Waals surface area contributed by atoms with E-state index in [4.69, 9.17) is 10.5 Å². The van der Waals surface area contributed by atoms with Crippen LogP contribution in [0.2, 0.25) is 0 Å². The zero-order valence-corrected chi connectivity index (χ0v) is 10.9. The molecule has 0 aliphatic carbocycles. The topological polar surface area (TPSA) is 38.5 Å². The highest BCUT2D eigenvalue weighted by molar-refractivity contribution is 5.50. The Hall–Kier alpha value is -1.13. The molecule has 1 aromatic rings. The van der Waals surface area contributed by atoms with Crippen LogP contribution in [0.25, 0.3) is 0 Å². The van der Waals surface area contributed by atoms with Crippen LogP contribution in [-0.4, -0.2) is 32.8 Å². The predicted molar refractivity (Wildman–Crippen MR) is 71.5 cm³/mol. The molecule has 0 amide bonds. The van der Waals surface area contributed by atoms with Crippen molar-refractivity contribution in [1.29, 1.82) is 0 Å². The number of nitrogens with two attached hydrogens (primary N) is 1. The molecule has 0 aromatic heterocycles. The van der Waals surface area contributed by atoms with Crippen LogP contribution in [-0.2, 0) is 4.74 Å². The number of hydrogen-bond donors (Lipinski definition) is 1. The van der Waals surface area contributed by atoms with Crippen molar-refractivity contribution in [1.82, 2.24) is 0 Å². The highest BCUT2D eigenvalue weighted by Gasteiger charge is 2.16. The second-order valence-electron chi connectivity index (χ2n) is 4.79. The smallest absolute Gasteiger partial charge is 0.146 e. The van der Waals surface area contributed by atoms with Gasteiger partial charge in [-0.05, 0) is 36.6 Å². The molecule has 1 aliphatic heterocycles. The van der Waals surface area contributed by atoms with Gasteiger partial charge in [0.05, 0.1) is 18.9 Å². The first-order valence-electron chi connectivity index (χ1n) is 6.54. The summed E-state index contributed by atoms with van der Waals surface area (Å²) < 4.78 is 19.4. The quantitative estimate of drug-likeness (QED) is 0.892. The number of anilines is 1. The van der Waals surface area contributed by atoms with Crippen LogP contribution < -0.4 is 10.6 Å². The van der Waals surface area contributed by atoms with Gasteiger partial charge in [0.1, 0.15) is 5.82 Å². The molecular weight excluding hydrogens is 231 g/mol. The molecule has 18 heavy (non-hydrogen) atoms. The molecule has 0 spiro atoms. The Labute approximate surface area is 108 Å². The summed E-state index contributed by atoms with van der Waals surface area (Å²) >= 11 is 0. The van der Waals surface area contributed by atoms with Crippen LogP contribution in [0.15, 0.2) is 18.2 Å². The Morgan fingerprint density at radius 3 is 2.72 bits per heavy atom. The number of hydrogen-bond acceptors (Lipinski definition) is 3. The van der Waals surface area contributed by atoms with Crippen molar-refractivity contribution in [3.63, 3.8) is 0 Å². The molecule has 0 radical (unpaired) electrons. The van der Waals surface area contributed by atoms with E-state index in [1.165, 1.54) is 0 Å². The van der Waals surface area contributed by atoms with Crippen molar-refractivity contribution in [3.8, 4) is 0 Å². The molecule has 1 saturated heterocycles. The number of halogens is 1. The normalized spacial score (nSPS) is 17.8. The Balaban J connectivity index is 2.13. The summed E-state index contributed by atoms with van der Waals surface area (Å²) in [6.07, 6.45) is 0.885. The molecule has 2 rings (SSSR count). The van der Waals surface area contributed by atoms with Crippen molar-refractivity contribution >= 4 is 5.69 Å². The van der Waals surface area contributed by atoms with Gasteiger partial charge < -0.3 is 15.4 Å². The summed E-state index contributed by atoms with van der Waals surface area (Å²) in [5.41, 5.74) is 7.24. The Morgan fingerprint density at radius 2 is 2.11 bits per heavy atom. The molecule has 1 heterocycles. The summed E-state index contributed by atoms with van der Waals surface area (Å²) in [5.74, 6) is 0.168. The first-order chi connectivity index (χ1) is 8.72. The van der Waals surface area contributed by atoms with Crippen molar-refractivity contribution < 1.29 is 9.13 Å². The van der Waals surface area contributed by atoms with Crippen molar-refractivity contribution in [3.05, 3.63) is 29.6 Å². The highest BCUT2D eigenvalue weighted by atomic mass is 19.1. The second kappa shape index (κ2) is 6.16. The van der Waals surface area contributed by atoms with E-state index in [-0.39, 0.29) is 5.82 Å². The fourth-order valence-electron chi connectivity index (χ4n) is 2.31. The average Bonchev–Trinajstić information content (AvgIpc) is 2.40. The third-order valence-corrected chi connectivity index (χ3v) is 3.49. The standard InChI is InChI=1S/C14H21FN2O/c1-11(4-5-16)12-2-3-14(13(15)10-12)17-6-8-18-9-7-17/h2-3,10-11H,4-9,16H2,1H3. The molecule has 1 unspecified atom stereocenters. The molecular formula is C14H21FN2O. The summed E-state index contributed by atoms with van der Waals surface area (Å²) in [6.45, 7) is 5.57. The average molecular weight is 252 g/mol. The van der Waals surface area contributed by atoms with E-state index < -0.39 is 0 Å². The van der Waals surface area contributed by atoms with Crippen molar-refractivity contribution in [2.45, 2.75) is 19.3 Å². The van der Waals surface area contributed by atoms with Gasteiger partial charge in [-0.2, -0.15) is 0 Å². The monoisotopic (exact) mass is 252 g/mol. The van der Waals surface area contributed by atoms with Crippen LogP contribution in [0, 0.1) is 5.82 Å². The number of benzene rings is 1. The van der Waals surface area contributed by atoms with Crippen molar-refractivity contribution in [2.24, 2.45) is 5.73 Å². The Morgan fingerprint density at radius 1 is 1.39 bits per heavy atom. The van der Waals surface area contributed by atoms with Crippen molar-refractivity contribution in [2.75, 3.05) is 37.7 Å². The van der Waals surface area contributed by atoms with E-state index in [0.29, 0.717) is 31.4 Å². The van der Waals surface area contributed by atoms with Gasteiger partial charge in [0, 0.05) is 13.1 Å². The lowest BCUT2D eigenvalue weighted by atomic mass is 9.97. The van der Waals surface area contributed by atoms with Crippen LogP contribution in [0.4, 0.5) is 10.1 Å². The number of morpholine rings is 1. The first-order valence-corrected chi connectivity index (χ1v) is 6.54. The minimum Gasteiger partial charge on any atom is -0.378 e. The maximum atomic E-state index is 14.1. The fourth-order valence-corrected chi connectivity index (χ4v) is 2.31. The number of nitrogens with zero attached hydrogens (tertiary/aromatic N) is 1. The molecule has 100 valence electrons. The summed E-state index contributed by atoms with van der Waals surface area (Å²) in [7, 11) is 0. The summed E-state index contributed by atoms with van der Waals surface area (Å²) in [4.78, 5) is 2.04. The van der Waals surface area contributed by atoms with Gasteiger partial charge in [0.2, 0.25) is 0 Å². The van der Waals surface area contributed by atoms with Crippen LogP contribution in [0.3, 0.4) is 0 Å². The largest absolute Gasteiger partial charge is 0.378 e. The molecule has 1 fully saturated rings. The van der Waals surface area contributed by atoms with E-state index in [1.807, 2.05) is 17.0 Å². The maximum Gasteiger partial charge on any atom is 0.146 e. The van der Waals surface area contributed by atoms with Crippen LogP contribution in [0.5, 0.6) is 0 Å². The van der Waals surface area contributed by atoms with Gasteiger partial charge in [-0.3, -0.25) is 0 Å². The van der Waals surface area contributed by atoms with E-state index in [1.54, 1.807) is 6.07 Å². The zero-order valence-electron chi connectivity index (χ0n) is 10.9. The van der Waals surface area contributed by atoms with Gasteiger partial charge in [-0.15, -0.1) is 0 Å². The van der Waals surface area contributed by atoms with E-state index in [9.17, 15) is 4.39 Å². The lowest BCUT2D eigenvalue weighted by Gasteiger charge is -2.29. The van der Waals surface area contributed by atoms with Gasteiger partial charge in [-0.1, -0.05) is 13.0 Å². The molecule has 4 heteroatoms. The van der Waals surface area contributed by atoms with E-state index in [2.05, 4.69) is 6.92 Å². The summed E-state index contributed by atoms with van der Waals surface area (Å²) in [6, 6.07) is 5.53. The van der Waals surface area contributed by atoms with E-state index >= 15 is 0 Å². The lowest BCUT2D eigenvalue weighted by molar-refractivity contribution is 0.122. The molecule has 1 aromatic carbocycles. The Bertz CT molecular complexity index is 391. The molecule has 1 aliphatic rings.